The van der Waals surface area contributed by atoms with Crippen LogP contribution in [0.1, 0.15) is 113 Å². The summed E-state index contributed by atoms with van der Waals surface area (Å²) in [6.07, 6.45) is 9.18. The lowest BCUT2D eigenvalue weighted by molar-refractivity contribution is -0.281. The second-order valence-electron chi connectivity index (χ2n) is 15.5. The molecule has 3 N–H and O–H groups in total. The molecule has 0 heterocycles. The lowest BCUT2D eigenvalue weighted by atomic mass is 9.31. The van der Waals surface area contributed by atoms with Crippen molar-refractivity contribution >= 4 is 5.97 Å². The number of carboxylic acids is 1. The van der Waals surface area contributed by atoms with Crippen molar-refractivity contribution in [3.05, 3.63) is 0 Å². The lowest BCUT2D eigenvalue weighted by Gasteiger charge is -2.74. The summed E-state index contributed by atoms with van der Waals surface area (Å²) < 4.78 is 0. The fraction of sp³-hybridized carbons (Fsp3) is 0.967. The van der Waals surface area contributed by atoms with Crippen LogP contribution in [0.4, 0.5) is 0 Å². The fourth-order valence-electron chi connectivity index (χ4n) is 11.4. The molecule has 0 spiro atoms. The van der Waals surface area contributed by atoms with E-state index < -0.39 is 11.4 Å². The molecular weight excluding hydrogens is 424 g/mol. The van der Waals surface area contributed by atoms with Crippen molar-refractivity contribution in [3.63, 3.8) is 0 Å². The number of carboxylic acid groups (broad SMARTS) is 1. The molecule has 0 aliphatic heterocycles. The summed E-state index contributed by atoms with van der Waals surface area (Å²) in [6, 6.07) is 0. The maximum Gasteiger partial charge on any atom is 0.309 e. The second-order valence-corrected chi connectivity index (χ2v) is 15.5. The summed E-state index contributed by atoms with van der Waals surface area (Å²) in [5, 5.41) is 33.0. The van der Waals surface area contributed by atoms with E-state index in [-0.39, 0.29) is 45.2 Å². The van der Waals surface area contributed by atoms with Gasteiger partial charge in [0.05, 0.1) is 17.6 Å². The highest BCUT2D eigenvalue weighted by molar-refractivity contribution is 5.74. The van der Waals surface area contributed by atoms with Crippen LogP contribution in [-0.4, -0.2) is 33.5 Å². The van der Waals surface area contributed by atoms with Crippen LogP contribution >= 0.6 is 0 Å². The molecule has 0 bridgehead atoms. The van der Waals surface area contributed by atoms with Gasteiger partial charge in [-0.25, -0.2) is 0 Å². The van der Waals surface area contributed by atoms with Gasteiger partial charge in [0.15, 0.2) is 0 Å². The van der Waals surface area contributed by atoms with Gasteiger partial charge in [-0.3, -0.25) is 4.79 Å². The Morgan fingerprint density at radius 3 is 2.06 bits per heavy atom. The quantitative estimate of drug-likeness (QED) is 0.418. The monoisotopic (exact) mass is 474 g/mol. The molecule has 0 amide bonds. The first-order valence-electron chi connectivity index (χ1n) is 14.1. The van der Waals surface area contributed by atoms with Crippen molar-refractivity contribution in [1.29, 1.82) is 0 Å². The van der Waals surface area contributed by atoms with Crippen molar-refractivity contribution in [2.24, 2.45) is 56.2 Å². The molecule has 0 aromatic heterocycles. The number of hydrogen-bond acceptors (Lipinski definition) is 3. The van der Waals surface area contributed by atoms with Crippen LogP contribution in [-0.2, 0) is 4.79 Å². The molecular formula is C30H50O4. The minimum Gasteiger partial charge on any atom is -0.481 e. The molecule has 5 fully saturated rings. The molecule has 0 radical (unpaired) electrons. The van der Waals surface area contributed by atoms with Gasteiger partial charge < -0.3 is 15.3 Å². The Hall–Kier alpha value is -0.610. The molecule has 11 atom stereocenters. The molecule has 5 aliphatic rings. The molecule has 5 aliphatic carbocycles. The number of hydrogen-bond donors (Lipinski definition) is 3. The highest BCUT2D eigenvalue weighted by atomic mass is 16.4. The van der Waals surface area contributed by atoms with Crippen molar-refractivity contribution in [3.8, 4) is 0 Å². The number of aliphatic carboxylic acids is 1. The lowest BCUT2D eigenvalue weighted by Crippen LogP contribution is -2.70. The van der Waals surface area contributed by atoms with E-state index in [0.29, 0.717) is 17.8 Å². The summed E-state index contributed by atoms with van der Waals surface area (Å²) in [5.74, 6) is 0.770. The standard InChI is InChI=1S/C30H50O4/c1-25(2)21-8-11-30(7)23(28(21,5)10-9-22(25)32)20(31)16-18-19-17-27(4,24(33)34)13-12-26(19,3)14-15-29(18,30)6/h18-23,31-32H,8-17H2,1-7H3,(H,33,34)/t18?,19-,20+,21?,22-,23+,26+,27-,28-,29+,30+/m0/s1. The molecule has 4 heteroatoms. The van der Waals surface area contributed by atoms with Gasteiger partial charge in [-0.1, -0.05) is 41.5 Å². The first kappa shape index (κ1) is 25.1. The molecule has 0 aromatic carbocycles. The van der Waals surface area contributed by atoms with Crippen LogP contribution in [0.25, 0.3) is 0 Å². The number of carbonyl (C=O) groups is 1. The first-order chi connectivity index (χ1) is 15.6. The summed E-state index contributed by atoms with van der Waals surface area (Å²) in [5.41, 5.74) is -0.378. The normalized spacial score (nSPS) is 58.6. The number of aliphatic hydroxyl groups excluding tert-OH is 2. The van der Waals surface area contributed by atoms with Crippen molar-refractivity contribution in [2.75, 3.05) is 0 Å². The van der Waals surface area contributed by atoms with Crippen LogP contribution in [0.2, 0.25) is 0 Å². The van der Waals surface area contributed by atoms with Gasteiger partial charge in [-0.05, 0) is 122 Å². The zero-order valence-electron chi connectivity index (χ0n) is 22.8. The Morgan fingerprint density at radius 1 is 0.765 bits per heavy atom. The van der Waals surface area contributed by atoms with E-state index in [1.807, 2.05) is 6.92 Å². The Kier molecular flexibility index (Phi) is 5.34. The van der Waals surface area contributed by atoms with Crippen LogP contribution in [0, 0.1) is 56.2 Å². The molecule has 194 valence electrons. The van der Waals surface area contributed by atoms with E-state index in [9.17, 15) is 20.1 Å². The molecule has 2 unspecified atom stereocenters. The zero-order valence-corrected chi connectivity index (χ0v) is 22.8. The van der Waals surface area contributed by atoms with Crippen molar-refractivity contribution in [2.45, 2.75) is 125 Å². The second kappa shape index (κ2) is 7.24. The van der Waals surface area contributed by atoms with E-state index in [4.69, 9.17) is 0 Å². The van der Waals surface area contributed by atoms with Crippen LogP contribution in [0.15, 0.2) is 0 Å². The van der Waals surface area contributed by atoms with Gasteiger partial charge in [0.1, 0.15) is 0 Å². The van der Waals surface area contributed by atoms with Gasteiger partial charge in [0.2, 0.25) is 0 Å². The Balaban J connectivity index is 1.56. The fourth-order valence-corrected chi connectivity index (χ4v) is 11.4. The highest BCUT2D eigenvalue weighted by Gasteiger charge is 2.71. The third-order valence-corrected chi connectivity index (χ3v) is 13.9. The molecule has 4 nitrogen and oxygen atoms in total. The minimum atomic E-state index is -0.641. The van der Waals surface area contributed by atoms with Gasteiger partial charge in [-0.15, -0.1) is 0 Å². The molecule has 5 saturated carbocycles. The largest absolute Gasteiger partial charge is 0.481 e. The van der Waals surface area contributed by atoms with Crippen LogP contribution < -0.4 is 0 Å². The molecule has 34 heavy (non-hydrogen) atoms. The number of rotatable bonds is 1. The van der Waals surface area contributed by atoms with E-state index in [0.717, 1.165) is 51.4 Å². The third-order valence-electron chi connectivity index (χ3n) is 13.9. The average Bonchev–Trinajstić information content (AvgIpc) is 2.73. The van der Waals surface area contributed by atoms with E-state index in [1.54, 1.807) is 0 Å². The Morgan fingerprint density at radius 2 is 1.41 bits per heavy atom. The maximum absolute atomic E-state index is 12.3. The summed E-state index contributed by atoms with van der Waals surface area (Å²) in [7, 11) is 0. The molecule has 5 rings (SSSR count). The van der Waals surface area contributed by atoms with Crippen LogP contribution in [0.3, 0.4) is 0 Å². The van der Waals surface area contributed by atoms with E-state index in [1.165, 1.54) is 12.8 Å². The average molecular weight is 475 g/mol. The number of aliphatic hydroxyl groups is 2. The topological polar surface area (TPSA) is 77.8 Å². The van der Waals surface area contributed by atoms with Gasteiger partial charge in [0, 0.05) is 0 Å². The predicted molar refractivity (Wildman–Crippen MR) is 134 cm³/mol. The van der Waals surface area contributed by atoms with Gasteiger partial charge >= 0.3 is 5.97 Å². The third kappa shape index (κ3) is 2.93. The molecule has 0 saturated heterocycles. The summed E-state index contributed by atoms with van der Waals surface area (Å²) in [4.78, 5) is 12.3. The molecule has 0 aromatic rings. The Labute approximate surface area is 207 Å². The van der Waals surface area contributed by atoms with Crippen molar-refractivity contribution in [1.82, 2.24) is 0 Å². The zero-order chi connectivity index (χ0) is 25.1. The smallest absolute Gasteiger partial charge is 0.309 e. The highest BCUT2D eigenvalue weighted by Crippen LogP contribution is 2.76. The predicted octanol–water partition coefficient (Wildman–Crippen LogP) is 6.28. The Bertz CT molecular complexity index is 868. The summed E-state index contributed by atoms with van der Waals surface area (Å²) in [6.45, 7) is 16.3. The first-order valence-corrected chi connectivity index (χ1v) is 14.1. The SMILES string of the molecule is CC1(C)C2CC[C@]3(C)[C@H]([C@H](O)CC4[C@@H]5C[C@@](C)(C(=O)O)CC[C@]5(C)CC[C@]43C)[C@@]2(C)CC[C@@H]1O. The van der Waals surface area contributed by atoms with Crippen LogP contribution in [0.5, 0.6) is 0 Å². The number of fused-ring (bicyclic) bond motifs is 7. The maximum atomic E-state index is 12.3. The minimum absolute atomic E-state index is 0.0338. The van der Waals surface area contributed by atoms with Gasteiger partial charge in [0.25, 0.3) is 0 Å². The summed E-state index contributed by atoms with van der Waals surface area (Å²) >= 11 is 0. The van der Waals surface area contributed by atoms with E-state index >= 15 is 0 Å². The van der Waals surface area contributed by atoms with E-state index in [2.05, 4.69) is 41.5 Å². The van der Waals surface area contributed by atoms with Crippen molar-refractivity contribution < 1.29 is 20.1 Å². The van der Waals surface area contributed by atoms with Gasteiger partial charge in [-0.2, -0.15) is 0 Å².